The first kappa shape index (κ1) is 4.38. The van der Waals surface area contributed by atoms with Gasteiger partial charge in [0, 0.05) is 10.2 Å². The normalized spacial score (nSPS) is 24.0. The molecule has 1 aliphatic rings. The molecule has 0 aromatic carbocycles. The molecule has 1 aliphatic carbocycles. The maximum atomic E-state index is 1.56. The van der Waals surface area contributed by atoms with Crippen molar-refractivity contribution in [3.63, 3.8) is 0 Å². The quantitative estimate of drug-likeness (QED) is 0.423. The van der Waals surface area contributed by atoms with Crippen LogP contribution in [0.15, 0.2) is 0 Å². The summed E-state index contributed by atoms with van der Waals surface area (Å²) < 4.78 is 0. The summed E-state index contributed by atoms with van der Waals surface area (Å²) in [7, 11) is 1.43. The molecule has 0 heterocycles. The fraction of sp³-hybridized carbons (Fsp3) is 1.00. The predicted molar refractivity (Wildman–Crippen MR) is 32.1 cm³/mol. The second-order valence-electron chi connectivity index (χ2n) is 2.21. The van der Waals surface area contributed by atoms with Crippen molar-refractivity contribution in [2.75, 3.05) is 0 Å². The standard InChI is InChI=1S/C5H12Si/c6-4-5-2-1-3-5/h5H,1-4H2,6H3. The summed E-state index contributed by atoms with van der Waals surface area (Å²) in [6, 6.07) is 1.56. The average molecular weight is 100 g/mol. The third kappa shape index (κ3) is 0.646. The van der Waals surface area contributed by atoms with Crippen molar-refractivity contribution in [3.05, 3.63) is 0 Å². The molecule has 0 nitrogen and oxygen atoms in total. The zero-order chi connectivity index (χ0) is 4.41. The molecule has 1 fully saturated rings. The summed E-state index contributed by atoms with van der Waals surface area (Å²) in [6.45, 7) is 0. The second-order valence-corrected chi connectivity index (χ2v) is 3.02. The van der Waals surface area contributed by atoms with Gasteiger partial charge in [0.2, 0.25) is 0 Å². The van der Waals surface area contributed by atoms with Crippen LogP contribution >= 0.6 is 0 Å². The van der Waals surface area contributed by atoms with Crippen LogP contribution in [0.3, 0.4) is 0 Å². The second kappa shape index (κ2) is 1.78. The third-order valence-corrected chi connectivity index (χ3v) is 2.96. The van der Waals surface area contributed by atoms with E-state index in [1.54, 1.807) is 18.9 Å². The first-order valence-corrected chi connectivity index (χ1v) is 4.35. The molecule has 0 aromatic rings. The van der Waals surface area contributed by atoms with E-state index in [4.69, 9.17) is 0 Å². The highest BCUT2D eigenvalue weighted by atomic mass is 28.1. The lowest BCUT2D eigenvalue weighted by molar-refractivity contribution is 0.347. The highest BCUT2D eigenvalue weighted by Crippen LogP contribution is 2.28. The molecule has 0 radical (unpaired) electrons. The predicted octanol–water partition coefficient (Wildman–Crippen LogP) is 0.570. The molecule has 0 aliphatic heterocycles. The maximum absolute atomic E-state index is 1.56. The van der Waals surface area contributed by atoms with Crippen LogP contribution < -0.4 is 0 Å². The van der Waals surface area contributed by atoms with Gasteiger partial charge < -0.3 is 0 Å². The van der Waals surface area contributed by atoms with Gasteiger partial charge in [-0.1, -0.05) is 25.3 Å². The molecule has 1 rings (SSSR count). The molecule has 0 amide bonds. The number of hydrogen-bond acceptors (Lipinski definition) is 0. The van der Waals surface area contributed by atoms with Gasteiger partial charge in [-0.2, -0.15) is 0 Å². The van der Waals surface area contributed by atoms with E-state index in [1.807, 2.05) is 0 Å². The largest absolute Gasteiger partial charge is 0.0631 e. The Balaban J connectivity index is 2.01. The van der Waals surface area contributed by atoms with Gasteiger partial charge in [0.25, 0.3) is 0 Å². The summed E-state index contributed by atoms with van der Waals surface area (Å²) in [5.74, 6) is 1.18. The van der Waals surface area contributed by atoms with Crippen molar-refractivity contribution < 1.29 is 0 Å². The summed E-state index contributed by atoms with van der Waals surface area (Å²) in [5.41, 5.74) is 0. The highest BCUT2D eigenvalue weighted by Gasteiger charge is 2.13. The molecule has 0 aromatic heterocycles. The van der Waals surface area contributed by atoms with Crippen molar-refractivity contribution in [2.24, 2.45) is 5.92 Å². The fourth-order valence-electron chi connectivity index (χ4n) is 0.901. The van der Waals surface area contributed by atoms with E-state index >= 15 is 0 Å². The molecule has 1 heteroatoms. The van der Waals surface area contributed by atoms with Gasteiger partial charge in [0.1, 0.15) is 0 Å². The molecular weight excluding hydrogens is 88.1 g/mol. The number of rotatable bonds is 1. The molecule has 36 valence electrons. The Labute approximate surface area is 42.4 Å². The Kier molecular flexibility index (Phi) is 1.30. The van der Waals surface area contributed by atoms with Gasteiger partial charge in [-0.3, -0.25) is 0 Å². The van der Waals surface area contributed by atoms with E-state index < -0.39 is 0 Å². The van der Waals surface area contributed by atoms with Crippen LogP contribution in [0.1, 0.15) is 19.3 Å². The minimum Gasteiger partial charge on any atom is -0.0631 e. The van der Waals surface area contributed by atoms with Gasteiger partial charge in [0.15, 0.2) is 0 Å². The van der Waals surface area contributed by atoms with Crippen molar-refractivity contribution in [3.8, 4) is 0 Å². The smallest absolute Gasteiger partial charge is 0.00314 e. The molecule has 0 N–H and O–H groups in total. The van der Waals surface area contributed by atoms with Crippen LogP contribution in [0.25, 0.3) is 0 Å². The monoisotopic (exact) mass is 100 g/mol. The van der Waals surface area contributed by atoms with Gasteiger partial charge in [-0.15, -0.1) is 0 Å². The maximum Gasteiger partial charge on any atom is 0.00314 e. The highest BCUT2D eigenvalue weighted by molar-refractivity contribution is 6.08. The van der Waals surface area contributed by atoms with Crippen molar-refractivity contribution in [1.82, 2.24) is 0 Å². The van der Waals surface area contributed by atoms with E-state index in [1.165, 1.54) is 22.6 Å². The van der Waals surface area contributed by atoms with Crippen molar-refractivity contribution in [2.45, 2.75) is 25.3 Å². The zero-order valence-electron chi connectivity index (χ0n) is 4.41. The molecule has 1 saturated carbocycles. The van der Waals surface area contributed by atoms with Gasteiger partial charge >= 0.3 is 0 Å². The Bertz CT molecular complexity index is 36.4. The van der Waals surface area contributed by atoms with Crippen LogP contribution in [0.5, 0.6) is 0 Å². The minimum atomic E-state index is 1.18. The SMILES string of the molecule is [SiH3]CC1CCC1. The van der Waals surface area contributed by atoms with Crippen molar-refractivity contribution in [1.29, 1.82) is 0 Å². The Hall–Kier alpha value is 0.217. The summed E-state index contributed by atoms with van der Waals surface area (Å²) >= 11 is 0. The lowest BCUT2D eigenvalue weighted by Gasteiger charge is -2.22. The topological polar surface area (TPSA) is 0 Å². The van der Waals surface area contributed by atoms with Crippen LogP contribution in [0.2, 0.25) is 6.04 Å². The van der Waals surface area contributed by atoms with Crippen LogP contribution in [-0.2, 0) is 0 Å². The van der Waals surface area contributed by atoms with Crippen molar-refractivity contribution >= 4 is 10.2 Å². The molecule has 0 bridgehead atoms. The lowest BCUT2D eigenvalue weighted by Crippen LogP contribution is -2.08. The first-order chi connectivity index (χ1) is 2.93. The number of hydrogen-bond donors (Lipinski definition) is 0. The molecule has 0 spiro atoms. The van der Waals surface area contributed by atoms with Gasteiger partial charge in [-0.05, 0) is 5.92 Å². The molecular formula is C5H12Si. The van der Waals surface area contributed by atoms with E-state index in [0.717, 1.165) is 0 Å². The fourth-order valence-corrected chi connectivity index (χ4v) is 1.72. The third-order valence-electron chi connectivity index (χ3n) is 1.80. The van der Waals surface area contributed by atoms with E-state index in [-0.39, 0.29) is 0 Å². The van der Waals surface area contributed by atoms with E-state index in [9.17, 15) is 0 Å². The summed E-state index contributed by atoms with van der Waals surface area (Å²) in [6.07, 6.45) is 4.61. The summed E-state index contributed by atoms with van der Waals surface area (Å²) in [4.78, 5) is 0. The first-order valence-electron chi connectivity index (χ1n) is 2.93. The summed E-state index contributed by atoms with van der Waals surface area (Å²) in [5, 5.41) is 0. The van der Waals surface area contributed by atoms with Crippen LogP contribution in [0.4, 0.5) is 0 Å². The molecule has 6 heavy (non-hydrogen) atoms. The Morgan fingerprint density at radius 1 is 1.50 bits per heavy atom. The molecule has 0 atom stereocenters. The minimum absolute atomic E-state index is 1.18. The Morgan fingerprint density at radius 3 is 2.17 bits per heavy atom. The zero-order valence-corrected chi connectivity index (χ0v) is 6.41. The van der Waals surface area contributed by atoms with Crippen LogP contribution in [0, 0.1) is 5.92 Å². The lowest BCUT2D eigenvalue weighted by atomic mass is 9.87. The van der Waals surface area contributed by atoms with Gasteiger partial charge in [-0.25, -0.2) is 0 Å². The average Bonchev–Trinajstić information content (AvgIpc) is 1.31. The van der Waals surface area contributed by atoms with Crippen LogP contribution in [-0.4, -0.2) is 10.2 Å². The van der Waals surface area contributed by atoms with Gasteiger partial charge in [0.05, 0.1) is 0 Å². The van der Waals surface area contributed by atoms with E-state index in [2.05, 4.69) is 0 Å². The molecule has 0 saturated heterocycles. The Morgan fingerprint density at radius 2 is 2.17 bits per heavy atom. The molecule has 0 unspecified atom stereocenters. The van der Waals surface area contributed by atoms with E-state index in [0.29, 0.717) is 0 Å².